The Kier molecular flexibility index (Phi) is 7.42. The summed E-state index contributed by atoms with van der Waals surface area (Å²) in [5.41, 5.74) is 8.34. The summed E-state index contributed by atoms with van der Waals surface area (Å²) in [5.74, 6) is -0.764. The average Bonchev–Trinajstić information content (AvgIpc) is 2.76. The van der Waals surface area contributed by atoms with Crippen molar-refractivity contribution in [3.05, 3.63) is 71.4 Å². The Hall–Kier alpha value is -3.36. The van der Waals surface area contributed by atoms with Gasteiger partial charge in [-0.3, -0.25) is 14.7 Å². The Morgan fingerprint density at radius 3 is 2.83 bits per heavy atom. The number of amides is 1. The number of morpholine rings is 1. The summed E-state index contributed by atoms with van der Waals surface area (Å²) in [6.45, 7) is 3.37. The van der Waals surface area contributed by atoms with E-state index in [4.69, 9.17) is 15.9 Å². The second-order valence-corrected chi connectivity index (χ2v) is 6.75. The van der Waals surface area contributed by atoms with Crippen LogP contribution in [-0.2, 0) is 16.1 Å². The molecule has 8 heteroatoms. The Balaban J connectivity index is 1.65. The van der Waals surface area contributed by atoms with E-state index in [1.807, 2.05) is 0 Å². The third kappa shape index (κ3) is 5.59. The Bertz CT molecular complexity index is 968. The number of nitrogens with two attached hydrogens (primary N) is 1. The van der Waals surface area contributed by atoms with Gasteiger partial charge in [0.15, 0.2) is 0 Å². The van der Waals surface area contributed by atoms with Crippen molar-refractivity contribution in [3.8, 4) is 0 Å². The van der Waals surface area contributed by atoms with E-state index >= 15 is 0 Å². The normalized spacial score (nSPS) is 15.3. The maximum Gasteiger partial charge on any atom is 0.248 e. The number of aromatic nitrogens is 1. The summed E-state index contributed by atoms with van der Waals surface area (Å²) < 4.78 is 19.8. The zero-order valence-electron chi connectivity index (χ0n) is 16.5. The van der Waals surface area contributed by atoms with Gasteiger partial charge in [-0.15, -0.1) is 0 Å². The minimum absolute atomic E-state index is 0.360. The maximum absolute atomic E-state index is 14.5. The van der Waals surface area contributed by atoms with Crippen LogP contribution in [-0.4, -0.2) is 48.3 Å². The van der Waals surface area contributed by atoms with Gasteiger partial charge in [-0.1, -0.05) is 6.07 Å². The number of nitrogens with one attached hydrogen (secondary N) is 2. The molecule has 0 spiro atoms. The third-order valence-electron chi connectivity index (χ3n) is 4.73. The van der Waals surface area contributed by atoms with Crippen molar-refractivity contribution in [1.82, 2.24) is 9.88 Å². The van der Waals surface area contributed by atoms with Crippen LogP contribution in [0.1, 0.15) is 16.7 Å². The molecule has 1 saturated heterocycles. The number of halogens is 1. The molecule has 30 heavy (non-hydrogen) atoms. The van der Waals surface area contributed by atoms with E-state index in [1.165, 1.54) is 18.3 Å². The molecule has 1 aromatic carbocycles. The van der Waals surface area contributed by atoms with Gasteiger partial charge in [-0.2, -0.15) is 0 Å². The summed E-state index contributed by atoms with van der Waals surface area (Å²) in [4.78, 5) is 18.4. The van der Waals surface area contributed by atoms with E-state index in [0.29, 0.717) is 47.7 Å². The molecule has 4 N–H and O–H groups in total. The van der Waals surface area contributed by atoms with Crippen molar-refractivity contribution >= 4 is 29.5 Å². The topological polar surface area (TPSA) is 104 Å². The lowest BCUT2D eigenvalue weighted by Gasteiger charge is -2.26. The first-order valence-corrected chi connectivity index (χ1v) is 9.55. The number of allylic oxidation sites excluding steroid dienone is 1. The smallest absolute Gasteiger partial charge is 0.248 e. The first-order valence-electron chi connectivity index (χ1n) is 9.55. The zero-order valence-corrected chi connectivity index (χ0v) is 16.5. The molecule has 1 amide bonds. The lowest BCUT2D eigenvalue weighted by atomic mass is 10.0. The number of carbonyl (C=O) groups is 1. The quantitative estimate of drug-likeness (QED) is 0.482. The van der Waals surface area contributed by atoms with Crippen LogP contribution in [0.25, 0.3) is 11.6 Å². The van der Waals surface area contributed by atoms with Crippen LogP contribution in [0.5, 0.6) is 0 Å². The lowest BCUT2D eigenvalue weighted by molar-refractivity contribution is -0.111. The summed E-state index contributed by atoms with van der Waals surface area (Å²) in [6, 6.07) is 6.40. The maximum atomic E-state index is 14.5. The van der Waals surface area contributed by atoms with Gasteiger partial charge >= 0.3 is 0 Å². The Morgan fingerprint density at radius 1 is 1.33 bits per heavy atom. The van der Waals surface area contributed by atoms with Gasteiger partial charge in [0, 0.05) is 72.9 Å². The summed E-state index contributed by atoms with van der Waals surface area (Å²) in [5, 5.41) is 10.1. The molecule has 7 nitrogen and oxygen atoms in total. The van der Waals surface area contributed by atoms with Crippen molar-refractivity contribution in [2.45, 2.75) is 6.54 Å². The molecule has 2 aromatic rings. The summed E-state index contributed by atoms with van der Waals surface area (Å²) in [7, 11) is 0. The minimum atomic E-state index is -0.404. The van der Waals surface area contributed by atoms with Crippen LogP contribution in [0.2, 0.25) is 0 Å². The number of ether oxygens (including phenoxy) is 1. The molecule has 1 aromatic heterocycles. The predicted octanol–water partition coefficient (Wildman–Crippen LogP) is 2.65. The van der Waals surface area contributed by atoms with Crippen LogP contribution >= 0.6 is 0 Å². The highest BCUT2D eigenvalue weighted by Crippen LogP contribution is 2.19. The number of pyridine rings is 1. The second kappa shape index (κ2) is 10.4. The van der Waals surface area contributed by atoms with Crippen LogP contribution in [0.4, 0.5) is 10.1 Å². The summed E-state index contributed by atoms with van der Waals surface area (Å²) in [6.07, 6.45) is 8.52. The van der Waals surface area contributed by atoms with Crippen LogP contribution in [0, 0.1) is 11.2 Å². The fourth-order valence-corrected chi connectivity index (χ4v) is 3.12. The molecule has 2 heterocycles. The zero-order chi connectivity index (χ0) is 21.3. The molecular weight excluding hydrogens is 385 g/mol. The molecule has 156 valence electrons. The molecular formula is C22H24FN5O2. The van der Waals surface area contributed by atoms with Crippen LogP contribution in [0.15, 0.2) is 48.9 Å². The molecule has 1 aliphatic heterocycles. The average molecular weight is 409 g/mol. The molecule has 1 aliphatic rings. The van der Waals surface area contributed by atoms with Crippen LogP contribution < -0.4 is 11.1 Å². The molecule has 0 radical (unpaired) electrons. The van der Waals surface area contributed by atoms with Gasteiger partial charge in [-0.05, 0) is 29.8 Å². The van der Waals surface area contributed by atoms with Crippen molar-refractivity contribution in [1.29, 1.82) is 5.41 Å². The number of rotatable bonds is 7. The highest BCUT2D eigenvalue weighted by molar-refractivity contribution is 6.10. The van der Waals surface area contributed by atoms with Crippen molar-refractivity contribution in [3.63, 3.8) is 0 Å². The predicted molar refractivity (Wildman–Crippen MR) is 115 cm³/mol. The number of anilines is 1. The number of nitrogens with zero attached hydrogens (tertiary/aromatic N) is 2. The van der Waals surface area contributed by atoms with Crippen molar-refractivity contribution < 1.29 is 13.9 Å². The Labute approximate surface area is 174 Å². The van der Waals surface area contributed by atoms with Gasteiger partial charge < -0.3 is 21.2 Å². The van der Waals surface area contributed by atoms with E-state index in [-0.39, 0.29) is 5.82 Å². The summed E-state index contributed by atoms with van der Waals surface area (Å²) >= 11 is 0. The molecule has 0 atom stereocenters. The fraction of sp³-hybridized carbons (Fsp3) is 0.227. The third-order valence-corrected chi connectivity index (χ3v) is 4.73. The highest BCUT2D eigenvalue weighted by atomic mass is 19.1. The van der Waals surface area contributed by atoms with E-state index in [2.05, 4.69) is 15.2 Å². The molecule has 0 bridgehead atoms. The van der Waals surface area contributed by atoms with Crippen molar-refractivity contribution in [2.75, 3.05) is 31.6 Å². The van der Waals surface area contributed by atoms with Gasteiger partial charge in [0.05, 0.1) is 13.2 Å². The number of hydrogen-bond donors (Lipinski definition) is 3. The van der Waals surface area contributed by atoms with E-state index in [9.17, 15) is 9.18 Å². The Morgan fingerprint density at radius 2 is 2.13 bits per heavy atom. The van der Waals surface area contributed by atoms with Gasteiger partial charge in [-0.25, -0.2) is 4.39 Å². The number of hydrogen-bond acceptors (Lipinski definition) is 6. The monoisotopic (exact) mass is 409 g/mol. The highest BCUT2D eigenvalue weighted by Gasteiger charge is 2.13. The van der Waals surface area contributed by atoms with Gasteiger partial charge in [0.1, 0.15) is 5.82 Å². The largest absolute Gasteiger partial charge is 0.404 e. The van der Waals surface area contributed by atoms with Gasteiger partial charge in [0.2, 0.25) is 5.91 Å². The first kappa shape index (κ1) is 21.4. The first-order chi connectivity index (χ1) is 14.6. The molecule has 0 aliphatic carbocycles. The fourth-order valence-electron chi connectivity index (χ4n) is 3.12. The molecule has 1 fully saturated rings. The van der Waals surface area contributed by atoms with Gasteiger partial charge in [0.25, 0.3) is 0 Å². The van der Waals surface area contributed by atoms with E-state index in [0.717, 1.165) is 19.3 Å². The van der Waals surface area contributed by atoms with E-state index < -0.39 is 5.91 Å². The minimum Gasteiger partial charge on any atom is -0.404 e. The molecule has 0 unspecified atom stereocenters. The van der Waals surface area contributed by atoms with E-state index in [1.54, 1.807) is 36.7 Å². The molecule has 3 rings (SSSR count). The second-order valence-electron chi connectivity index (χ2n) is 6.75. The van der Waals surface area contributed by atoms with Crippen molar-refractivity contribution in [2.24, 2.45) is 5.73 Å². The van der Waals surface area contributed by atoms with Crippen LogP contribution in [0.3, 0.4) is 0 Å². The number of benzene rings is 1. The molecule has 0 saturated carbocycles. The SMILES string of the molecule is N=C/C(=C\N)c1ccncc1/C=C/C(=O)Nc1ccc(CN2CCOCC2)c(F)c1. The lowest BCUT2D eigenvalue weighted by Crippen LogP contribution is -2.35. The standard InChI is InChI=1S/C22H24FN5O2/c23-21-11-19(3-1-17(21)15-28-7-9-30-10-8-28)27-22(29)4-2-16-14-26-6-5-20(16)18(12-24)13-25/h1-6,11-14,24H,7-10,15,25H2,(H,27,29)/b4-2+,18-13+,24-12?. The number of carbonyl (C=O) groups excluding carboxylic acids is 1.